The minimum absolute atomic E-state index is 0.164. The number of para-hydroxylation sites is 1. The molecule has 0 spiro atoms. The van der Waals surface area contributed by atoms with Gasteiger partial charge in [0.05, 0.1) is 6.61 Å². The largest absolute Gasteiger partial charge is 0.488 e. The monoisotopic (exact) mass is 295 g/mol. The van der Waals surface area contributed by atoms with Crippen molar-refractivity contribution >= 4 is 26.8 Å². The molecule has 0 aliphatic rings. The summed E-state index contributed by atoms with van der Waals surface area (Å²) in [6.45, 7) is 0.576. The number of unbranched alkanes of at least 4 members (excludes halogenated alkanes) is 1. The summed E-state index contributed by atoms with van der Waals surface area (Å²) in [6, 6.07) is 9.47. The number of fused-ring (bicyclic) bond motifs is 1. The van der Waals surface area contributed by atoms with Crippen LogP contribution in [-0.2, 0) is 0 Å². The van der Waals surface area contributed by atoms with Gasteiger partial charge in [-0.05, 0) is 25.0 Å². The molecule has 0 aliphatic carbocycles. The molecule has 2 rings (SSSR count). The quantitative estimate of drug-likeness (QED) is 0.680. The maximum absolute atomic E-state index is 11.7. The molecule has 0 aliphatic heterocycles. The highest BCUT2D eigenvalue weighted by molar-refractivity contribution is 9.09. The van der Waals surface area contributed by atoms with E-state index in [-0.39, 0.29) is 5.56 Å². The number of pyridine rings is 1. The first-order valence-corrected chi connectivity index (χ1v) is 6.74. The Bertz CT molecular complexity index is 550. The van der Waals surface area contributed by atoms with E-state index in [0.717, 1.165) is 29.1 Å². The Morgan fingerprint density at radius 3 is 2.88 bits per heavy atom. The van der Waals surface area contributed by atoms with Crippen molar-refractivity contribution in [3.8, 4) is 5.75 Å². The smallest absolute Gasteiger partial charge is 0.290 e. The third-order valence-corrected chi connectivity index (χ3v) is 3.07. The number of alkyl halides is 1. The number of rotatable bonds is 5. The van der Waals surface area contributed by atoms with Crippen molar-refractivity contribution in [2.45, 2.75) is 12.8 Å². The Labute approximate surface area is 108 Å². The van der Waals surface area contributed by atoms with Crippen LogP contribution in [0.1, 0.15) is 12.8 Å². The predicted octanol–water partition coefficient (Wildman–Crippen LogP) is 3.08. The number of benzene rings is 1. The van der Waals surface area contributed by atoms with Gasteiger partial charge in [0.2, 0.25) is 0 Å². The molecule has 90 valence electrons. The summed E-state index contributed by atoms with van der Waals surface area (Å²) >= 11 is 3.36. The number of hydrogen-bond acceptors (Lipinski definition) is 2. The molecule has 0 unspecified atom stereocenters. The van der Waals surface area contributed by atoms with Crippen molar-refractivity contribution in [3.05, 3.63) is 40.7 Å². The molecule has 1 heterocycles. The summed E-state index contributed by atoms with van der Waals surface area (Å²) < 4.78 is 5.48. The van der Waals surface area contributed by atoms with Crippen LogP contribution in [0.4, 0.5) is 0 Å². The first-order valence-electron chi connectivity index (χ1n) is 5.62. The molecule has 0 atom stereocenters. The fourth-order valence-electron chi connectivity index (χ4n) is 1.61. The van der Waals surface area contributed by atoms with Crippen molar-refractivity contribution in [1.29, 1.82) is 0 Å². The minimum Gasteiger partial charge on any atom is -0.488 e. The van der Waals surface area contributed by atoms with E-state index in [0.29, 0.717) is 12.4 Å². The van der Waals surface area contributed by atoms with Gasteiger partial charge in [0, 0.05) is 16.2 Å². The Morgan fingerprint density at radius 2 is 2.06 bits per heavy atom. The van der Waals surface area contributed by atoms with E-state index < -0.39 is 0 Å². The molecule has 1 aromatic heterocycles. The van der Waals surface area contributed by atoms with E-state index in [2.05, 4.69) is 20.9 Å². The van der Waals surface area contributed by atoms with E-state index in [4.69, 9.17) is 4.74 Å². The average Bonchev–Trinajstić information content (AvgIpc) is 2.35. The molecule has 17 heavy (non-hydrogen) atoms. The van der Waals surface area contributed by atoms with Crippen molar-refractivity contribution in [2.75, 3.05) is 11.9 Å². The van der Waals surface area contributed by atoms with Crippen LogP contribution in [0.2, 0.25) is 0 Å². The highest BCUT2D eigenvalue weighted by Gasteiger charge is 2.02. The highest BCUT2D eigenvalue weighted by atomic mass is 79.9. The lowest BCUT2D eigenvalue weighted by Crippen LogP contribution is -2.11. The molecule has 0 amide bonds. The van der Waals surface area contributed by atoms with Gasteiger partial charge in [-0.2, -0.15) is 0 Å². The lowest BCUT2D eigenvalue weighted by atomic mass is 10.2. The molecule has 0 fully saturated rings. The number of aromatic amines is 1. The molecule has 0 radical (unpaired) electrons. The van der Waals surface area contributed by atoms with Crippen LogP contribution in [0.25, 0.3) is 10.9 Å². The van der Waals surface area contributed by atoms with Gasteiger partial charge in [-0.15, -0.1) is 0 Å². The first-order chi connectivity index (χ1) is 8.31. The second-order valence-electron chi connectivity index (χ2n) is 3.79. The Kier molecular flexibility index (Phi) is 4.20. The van der Waals surface area contributed by atoms with E-state index in [1.807, 2.05) is 24.3 Å². The van der Waals surface area contributed by atoms with Crippen molar-refractivity contribution in [1.82, 2.24) is 4.98 Å². The molecule has 0 bridgehead atoms. The fraction of sp³-hybridized carbons (Fsp3) is 0.308. The number of hydrogen-bond donors (Lipinski definition) is 1. The molecular weight excluding hydrogens is 282 g/mol. The van der Waals surface area contributed by atoms with E-state index in [1.54, 1.807) is 6.07 Å². The lowest BCUT2D eigenvalue weighted by Gasteiger charge is -2.05. The fourth-order valence-corrected chi connectivity index (χ4v) is 2.01. The van der Waals surface area contributed by atoms with Gasteiger partial charge in [0.25, 0.3) is 5.56 Å². The predicted molar refractivity (Wildman–Crippen MR) is 73.1 cm³/mol. The highest BCUT2D eigenvalue weighted by Crippen LogP contribution is 2.14. The number of halogens is 1. The summed E-state index contributed by atoms with van der Waals surface area (Å²) in [5, 5.41) is 1.95. The number of aromatic nitrogens is 1. The van der Waals surface area contributed by atoms with Gasteiger partial charge >= 0.3 is 0 Å². The second kappa shape index (κ2) is 5.87. The van der Waals surface area contributed by atoms with Crippen molar-refractivity contribution in [2.24, 2.45) is 0 Å². The van der Waals surface area contributed by atoms with Gasteiger partial charge < -0.3 is 9.72 Å². The second-order valence-corrected chi connectivity index (χ2v) is 4.59. The summed E-state index contributed by atoms with van der Waals surface area (Å²) in [5.41, 5.74) is 0.674. The number of nitrogens with one attached hydrogen (secondary N) is 1. The van der Waals surface area contributed by atoms with Gasteiger partial charge in [-0.25, -0.2) is 0 Å². The number of ether oxygens (including phenoxy) is 1. The Morgan fingerprint density at radius 1 is 1.24 bits per heavy atom. The third kappa shape index (κ3) is 3.09. The first kappa shape index (κ1) is 12.2. The molecule has 1 aromatic carbocycles. The molecule has 2 aromatic rings. The van der Waals surface area contributed by atoms with Crippen LogP contribution < -0.4 is 10.3 Å². The van der Waals surface area contributed by atoms with Gasteiger partial charge in [-0.1, -0.05) is 34.1 Å². The van der Waals surface area contributed by atoms with Gasteiger partial charge in [0.15, 0.2) is 5.75 Å². The van der Waals surface area contributed by atoms with Crippen LogP contribution in [0.3, 0.4) is 0 Å². The molecule has 3 nitrogen and oxygen atoms in total. The molecule has 0 saturated carbocycles. The van der Waals surface area contributed by atoms with Crippen molar-refractivity contribution < 1.29 is 4.74 Å². The van der Waals surface area contributed by atoms with E-state index in [9.17, 15) is 4.79 Å². The van der Waals surface area contributed by atoms with Crippen LogP contribution in [0.15, 0.2) is 35.1 Å². The maximum atomic E-state index is 11.7. The minimum atomic E-state index is -0.164. The van der Waals surface area contributed by atoms with Crippen molar-refractivity contribution in [3.63, 3.8) is 0 Å². The van der Waals surface area contributed by atoms with Gasteiger partial charge in [0.1, 0.15) is 0 Å². The maximum Gasteiger partial charge on any atom is 0.290 e. The summed E-state index contributed by atoms with van der Waals surface area (Å²) in [7, 11) is 0. The normalized spacial score (nSPS) is 10.6. The zero-order chi connectivity index (χ0) is 12.1. The zero-order valence-electron chi connectivity index (χ0n) is 9.41. The SMILES string of the molecule is O=c1[nH]c2ccccc2cc1OCCCCBr. The van der Waals surface area contributed by atoms with Crippen LogP contribution in [0.5, 0.6) is 5.75 Å². The Hall–Kier alpha value is -1.29. The Balaban J connectivity index is 2.17. The zero-order valence-corrected chi connectivity index (χ0v) is 11.0. The van der Waals surface area contributed by atoms with E-state index >= 15 is 0 Å². The summed E-state index contributed by atoms with van der Waals surface area (Å²) in [6.07, 6.45) is 1.99. The van der Waals surface area contributed by atoms with Crippen LogP contribution in [-0.4, -0.2) is 16.9 Å². The average molecular weight is 296 g/mol. The standard InChI is InChI=1S/C13H14BrNO2/c14-7-3-4-8-17-12-9-10-5-1-2-6-11(10)15-13(12)16/h1-2,5-6,9H,3-4,7-8H2,(H,15,16). The molecule has 1 N–H and O–H groups in total. The third-order valence-electron chi connectivity index (χ3n) is 2.50. The van der Waals surface area contributed by atoms with Crippen LogP contribution in [0, 0.1) is 0 Å². The molecule has 4 heteroatoms. The van der Waals surface area contributed by atoms with E-state index in [1.165, 1.54) is 0 Å². The van der Waals surface area contributed by atoms with Gasteiger partial charge in [-0.3, -0.25) is 4.79 Å². The molecule has 0 saturated heterocycles. The molecular formula is C13H14BrNO2. The number of H-pyrrole nitrogens is 1. The van der Waals surface area contributed by atoms with Crippen LogP contribution >= 0.6 is 15.9 Å². The summed E-state index contributed by atoms with van der Waals surface area (Å²) in [5.74, 6) is 0.401. The summed E-state index contributed by atoms with van der Waals surface area (Å²) in [4.78, 5) is 14.5. The topological polar surface area (TPSA) is 42.1 Å². The lowest BCUT2D eigenvalue weighted by molar-refractivity contribution is 0.306.